The number of carbonyl (C=O) groups is 3. The minimum atomic E-state index is -0.798. The Balaban J connectivity index is 1.06. The Hall–Kier alpha value is -3.43. The van der Waals surface area contributed by atoms with Crippen LogP contribution < -0.4 is 10.6 Å². The standard InChI is InChI=1S/C36H50N4O5/c41-33-32(19-9-10-22-37-35(43)45-28-30-16-6-2-7-17-30)38-34(42)36(40(33)27-31-18-12-26-44-31)20-24-39(25-21-36)23-11-3-8-15-29-13-4-1-5-14-29/h1-2,4-7,13-14,16-17,31-32H,3,8-12,15,18-28H2,(H,37,43)(H,38,42). The average Bonchev–Trinajstić information content (AvgIpc) is 3.59. The Bertz CT molecular complexity index is 1210. The molecule has 0 aliphatic carbocycles. The number of hydrogen-bond donors (Lipinski definition) is 2. The van der Waals surface area contributed by atoms with E-state index in [-0.39, 0.29) is 24.5 Å². The maximum Gasteiger partial charge on any atom is 0.407 e. The van der Waals surface area contributed by atoms with Crippen LogP contribution in [0.2, 0.25) is 0 Å². The van der Waals surface area contributed by atoms with Crippen LogP contribution in [0.15, 0.2) is 60.7 Å². The highest BCUT2D eigenvalue weighted by Gasteiger charge is 2.53. The zero-order valence-corrected chi connectivity index (χ0v) is 26.6. The normalized spacial score (nSPS) is 21.6. The molecule has 1 spiro atoms. The van der Waals surface area contributed by atoms with E-state index in [0.29, 0.717) is 51.8 Å². The molecule has 2 N–H and O–H groups in total. The number of unbranched alkanes of at least 4 members (excludes halogenated alkanes) is 3. The second-order valence-corrected chi connectivity index (χ2v) is 12.8. The molecule has 0 bridgehead atoms. The third-order valence-corrected chi connectivity index (χ3v) is 9.59. The number of amides is 3. The van der Waals surface area contributed by atoms with E-state index in [9.17, 15) is 14.4 Å². The van der Waals surface area contributed by atoms with E-state index in [2.05, 4.69) is 45.9 Å². The third kappa shape index (κ3) is 9.30. The van der Waals surface area contributed by atoms with Gasteiger partial charge in [-0.2, -0.15) is 0 Å². The van der Waals surface area contributed by atoms with Crippen LogP contribution in [-0.4, -0.2) is 84.7 Å². The van der Waals surface area contributed by atoms with Crippen molar-refractivity contribution in [2.45, 2.75) is 94.9 Å². The van der Waals surface area contributed by atoms with Gasteiger partial charge in [0.25, 0.3) is 0 Å². The number of nitrogens with one attached hydrogen (secondary N) is 2. The van der Waals surface area contributed by atoms with Gasteiger partial charge in [0, 0.05) is 32.8 Å². The molecule has 3 heterocycles. The van der Waals surface area contributed by atoms with Crippen molar-refractivity contribution in [2.75, 3.05) is 39.3 Å². The van der Waals surface area contributed by atoms with Gasteiger partial charge in [0.2, 0.25) is 11.8 Å². The molecule has 5 rings (SSSR count). The highest BCUT2D eigenvalue weighted by Crippen LogP contribution is 2.35. The SMILES string of the molecule is O=C(NCCCCC1NC(=O)C2(CCN(CCCCCc3ccccc3)CC2)N(CC2CCCO2)C1=O)OCc1ccccc1. The van der Waals surface area contributed by atoms with Crippen molar-refractivity contribution in [3.63, 3.8) is 0 Å². The predicted molar refractivity (Wildman–Crippen MR) is 174 cm³/mol. The van der Waals surface area contributed by atoms with Gasteiger partial charge in [-0.15, -0.1) is 0 Å². The smallest absolute Gasteiger partial charge is 0.407 e. The molecule has 0 radical (unpaired) electrons. The fourth-order valence-electron chi connectivity index (χ4n) is 6.90. The number of hydrogen-bond acceptors (Lipinski definition) is 6. The van der Waals surface area contributed by atoms with Crippen molar-refractivity contribution in [3.05, 3.63) is 71.8 Å². The molecule has 2 aromatic carbocycles. The monoisotopic (exact) mass is 618 g/mol. The fourth-order valence-corrected chi connectivity index (χ4v) is 6.90. The summed E-state index contributed by atoms with van der Waals surface area (Å²) < 4.78 is 11.2. The van der Waals surface area contributed by atoms with Crippen LogP contribution in [-0.2, 0) is 32.1 Å². The number of rotatable bonds is 15. The average molecular weight is 619 g/mol. The van der Waals surface area contributed by atoms with Crippen LogP contribution in [0.4, 0.5) is 4.79 Å². The van der Waals surface area contributed by atoms with Gasteiger partial charge in [-0.25, -0.2) is 4.79 Å². The second-order valence-electron chi connectivity index (χ2n) is 12.8. The molecule has 0 saturated carbocycles. The van der Waals surface area contributed by atoms with E-state index in [1.165, 1.54) is 18.4 Å². The van der Waals surface area contributed by atoms with Crippen LogP contribution in [0.5, 0.6) is 0 Å². The Morgan fingerprint density at radius 1 is 0.933 bits per heavy atom. The molecule has 2 atom stereocenters. The van der Waals surface area contributed by atoms with Crippen molar-refractivity contribution in [1.82, 2.24) is 20.4 Å². The van der Waals surface area contributed by atoms with Crippen molar-refractivity contribution >= 4 is 17.9 Å². The number of benzene rings is 2. The minimum Gasteiger partial charge on any atom is -0.445 e. The van der Waals surface area contributed by atoms with Crippen molar-refractivity contribution in [1.29, 1.82) is 0 Å². The third-order valence-electron chi connectivity index (χ3n) is 9.59. The second kappa shape index (κ2) is 16.8. The fraction of sp³-hybridized carbons (Fsp3) is 0.583. The van der Waals surface area contributed by atoms with E-state index >= 15 is 0 Å². The summed E-state index contributed by atoms with van der Waals surface area (Å²) in [7, 11) is 0. The number of piperidine rings is 1. The van der Waals surface area contributed by atoms with Crippen molar-refractivity contribution < 1.29 is 23.9 Å². The molecule has 244 valence electrons. The molecular formula is C36H50N4O5. The number of piperazine rings is 1. The summed E-state index contributed by atoms with van der Waals surface area (Å²) in [5.74, 6) is -0.00934. The molecule has 3 amide bonds. The maximum absolute atomic E-state index is 13.9. The van der Waals surface area contributed by atoms with Crippen LogP contribution in [0.3, 0.4) is 0 Å². The molecular weight excluding hydrogens is 568 g/mol. The van der Waals surface area contributed by atoms with Gasteiger partial charge in [-0.3, -0.25) is 9.59 Å². The molecule has 3 saturated heterocycles. The summed E-state index contributed by atoms with van der Waals surface area (Å²) in [4.78, 5) is 44.1. The van der Waals surface area contributed by atoms with Gasteiger partial charge in [0.15, 0.2) is 0 Å². The van der Waals surface area contributed by atoms with Crippen LogP contribution in [0.25, 0.3) is 0 Å². The lowest BCUT2D eigenvalue weighted by Crippen LogP contribution is -2.73. The van der Waals surface area contributed by atoms with Gasteiger partial charge in [-0.1, -0.05) is 67.1 Å². The number of ether oxygens (including phenoxy) is 2. The quantitative estimate of drug-likeness (QED) is 0.277. The first-order chi connectivity index (χ1) is 22.0. The number of alkyl carbamates (subject to hydrolysis) is 1. The topological polar surface area (TPSA) is 100 Å². The summed E-state index contributed by atoms with van der Waals surface area (Å²) >= 11 is 0. The Labute approximate surface area is 268 Å². The highest BCUT2D eigenvalue weighted by molar-refractivity contribution is 6.00. The highest BCUT2D eigenvalue weighted by atomic mass is 16.5. The zero-order valence-electron chi connectivity index (χ0n) is 26.6. The predicted octanol–water partition coefficient (Wildman–Crippen LogP) is 4.84. The molecule has 45 heavy (non-hydrogen) atoms. The first-order valence-corrected chi connectivity index (χ1v) is 17.0. The molecule has 3 fully saturated rings. The van der Waals surface area contributed by atoms with Gasteiger partial charge >= 0.3 is 6.09 Å². The number of nitrogens with zero attached hydrogens (tertiary/aromatic N) is 2. The lowest BCUT2D eigenvalue weighted by atomic mass is 9.81. The first kappa shape index (κ1) is 32.9. The number of likely N-dealkylation sites (tertiary alicyclic amines) is 1. The largest absolute Gasteiger partial charge is 0.445 e. The number of carbonyl (C=O) groups excluding carboxylic acids is 3. The Morgan fingerprint density at radius 2 is 1.67 bits per heavy atom. The molecule has 3 aliphatic heterocycles. The van der Waals surface area contributed by atoms with E-state index in [0.717, 1.165) is 50.9 Å². The summed E-state index contributed by atoms with van der Waals surface area (Å²) in [6, 6.07) is 19.7. The molecule has 2 unspecified atom stereocenters. The van der Waals surface area contributed by atoms with E-state index in [1.54, 1.807) is 0 Å². The van der Waals surface area contributed by atoms with Crippen LogP contribution in [0.1, 0.15) is 75.3 Å². The molecule has 0 aromatic heterocycles. The lowest BCUT2D eigenvalue weighted by Gasteiger charge is -2.52. The Morgan fingerprint density at radius 3 is 2.38 bits per heavy atom. The van der Waals surface area contributed by atoms with Gasteiger partial charge in [-0.05, 0) is 81.9 Å². The van der Waals surface area contributed by atoms with Gasteiger partial charge in [0.1, 0.15) is 18.2 Å². The van der Waals surface area contributed by atoms with E-state index in [1.807, 2.05) is 35.2 Å². The van der Waals surface area contributed by atoms with Gasteiger partial charge in [0.05, 0.1) is 6.10 Å². The summed E-state index contributed by atoms with van der Waals surface area (Å²) in [5.41, 5.74) is 1.53. The lowest BCUT2D eigenvalue weighted by molar-refractivity contribution is -0.163. The molecule has 3 aliphatic rings. The minimum absolute atomic E-state index is 0.00822. The number of aryl methyl sites for hydroxylation is 1. The summed E-state index contributed by atoms with van der Waals surface area (Å²) in [6.45, 7) is 4.54. The van der Waals surface area contributed by atoms with E-state index < -0.39 is 17.7 Å². The maximum atomic E-state index is 13.9. The molecule has 2 aromatic rings. The van der Waals surface area contributed by atoms with Crippen LogP contribution in [0, 0.1) is 0 Å². The van der Waals surface area contributed by atoms with Gasteiger partial charge < -0.3 is 29.9 Å². The summed E-state index contributed by atoms with van der Waals surface area (Å²) in [5, 5.41) is 5.89. The van der Waals surface area contributed by atoms with Crippen LogP contribution >= 0.6 is 0 Å². The summed E-state index contributed by atoms with van der Waals surface area (Å²) in [6.07, 6.45) is 9.33. The zero-order chi connectivity index (χ0) is 31.3. The van der Waals surface area contributed by atoms with E-state index in [4.69, 9.17) is 9.47 Å². The molecule has 9 heteroatoms. The van der Waals surface area contributed by atoms with Crippen molar-refractivity contribution in [2.24, 2.45) is 0 Å². The first-order valence-electron chi connectivity index (χ1n) is 17.0. The Kier molecular flexibility index (Phi) is 12.3. The molecule has 9 nitrogen and oxygen atoms in total. The van der Waals surface area contributed by atoms with Crippen molar-refractivity contribution in [3.8, 4) is 0 Å².